The maximum atomic E-state index is 13.4. The monoisotopic (exact) mass is 514 g/mol. The van der Waals surface area contributed by atoms with E-state index in [1.807, 2.05) is 0 Å². The molecular formula is C20H16BrFN8O3. The number of carbonyl (C=O) groups is 1. The largest absolute Gasteiger partial charge is 0.488 e. The van der Waals surface area contributed by atoms with Crippen molar-refractivity contribution >= 4 is 33.9 Å². The Labute approximate surface area is 194 Å². The Morgan fingerprint density at radius 1 is 1.33 bits per heavy atom. The molecule has 2 heterocycles. The number of nitrogens with zero attached hydrogens (tertiary/aromatic N) is 6. The van der Waals surface area contributed by atoms with E-state index in [0.717, 1.165) is 9.15 Å². The van der Waals surface area contributed by atoms with E-state index in [-0.39, 0.29) is 29.8 Å². The second-order valence-corrected chi connectivity index (χ2v) is 7.62. The molecule has 0 aliphatic carbocycles. The summed E-state index contributed by atoms with van der Waals surface area (Å²) >= 11 is 3.39. The quantitative estimate of drug-likeness (QED) is 0.282. The lowest BCUT2D eigenvalue weighted by molar-refractivity contribution is 0.0946. The summed E-state index contributed by atoms with van der Waals surface area (Å²) < 4.78 is 25.7. The van der Waals surface area contributed by atoms with Crippen molar-refractivity contribution in [2.24, 2.45) is 5.10 Å². The van der Waals surface area contributed by atoms with E-state index in [0.29, 0.717) is 22.6 Å². The number of nitrogen functional groups attached to an aromatic ring is 1. The van der Waals surface area contributed by atoms with Crippen LogP contribution in [0, 0.1) is 12.7 Å². The van der Waals surface area contributed by atoms with Crippen LogP contribution in [0.4, 0.5) is 10.2 Å². The van der Waals surface area contributed by atoms with Gasteiger partial charge in [-0.15, -0.1) is 5.10 Å². The first-order chi connectivity index (χ1) is 15.9. The maximum Gasteiger partial charge on any atom is 0.292 e. The van der Waals surface area contributed by atoms with Gasteiger partial charge in [-0.2, -0.15) is 9.78 Å². The summed E-state index contributed by atoms with van der Waals surface area (Å²) in [4.78, 5) is 12.7. The van der Waals surface area contributed by atoms with E-state index in [1.165, 1.54) is 18.3 Å². The summed E-state index contributed by atoms with van der Waals surface area (Å²) in [5.41, 5.74) is 9.73. The first kappa shape index (κ1) is 22.1. The van der Waals surface area contributed by atoms with Crippen molar-refractivity contribution in [3.05, 3.63) is 75.3 Å². The van der Waals surface area contributed by atoms with Crippen molar-refractivity contribution in [2.45, 2.75) is 13.5 Å². The first-order valence-electron chi connectivity index (χ1n) is 9.43. The molecular weight excluding hydrogens is 499 g/mol. The number of anilines is 1. The smallest absolute Gasteiger partial charge is 0.292 e. The zero-order valence-corrected chi connectivity index (χ0v) is 18.7. The molecule has 168 valence electrons. The fraction of sp³-hybridized carbons (Fsp3) is 0.100. The summed E-state index contributed by atoms with van der Waals surface area (Å²) in [6, 6.07) is 11.4. The Morgan fingerprint density at radius 3 is 2.94 bits per heavy atom. The molecule has 0 atom stereocenters. The van der Waals surface area contributed by atoms with Crippen LogP contribution in [-0.4, -0.2) is 37.4 Å². The molecule has 0 aliphatic heterocycles. The molecule has 33 heavy (non-hydrogen) atoms. The van der Waals surface area contributed by atoms with Crippen molar-refractivity contribution in [3.8, 4) is 11.6 Å². The molecule has 11 nitrogen and oxygen atoms in total. The Morgan fingerprint density at radius 2 is 2.18 bits per heavy atom. The van der Waals surface area contributed by atoms with Crippen molar-refractivity contribution < 1.29 is 18.6 Å². The second-order valence-electron chi connectivity index (χ2n) is 6.71. The molecule has 0 unspecified atom stereocenters. The minimum absolute atomic E-state index is 0.0322. The molecule has 0 bridgehead atoms. The molecule has 0 radical (unpaired) electrons. The molecule has 4 rings (SSSR count). The van der Waals surface area contributed by atoms with E-state index >= 15 is 0 Å². The third-order valence-corrected chi connectivity index (χ3v) is 4.87. The molecule has 4 aromatic rings. The summed E-state index contributed by atoms with van der Waals surface area (Å²) in [7, 11) is 0. The van der Waals surface area contributed by atoms with Gasteiger partial charge in [0.15, 0.2) is 5.69 Å². The average Bonchev–Trinajstić information content (AvgIpc) is 3.38. The molecule has 1 amide bonds. The van der Waals surface area contributed by atoms with Gasteiger partial charge in [-0.1, -0.05) is 33.3 Å². The minimum atomic E-state index is -0.603. The number of carbonyl (C=O) groups excluding carboxylic acids is 1. The number of nitrogens with one attached hydrogen (secondary N) is 1. The molecule has 0 saturated heterocycles. The van der Waals surface area contributed by atoms with Crippen LogP contribution in [0.5, 0.6) is 5.75 Å². The predicted molar refractivity (Wildman–Crippen MR) is 118 cm³/mol. The topological polar surface area (TPSA) is 146 Å². The van der Waals surface area contributed by atoms with Gasteiger partial charge in [0.25, 0.3) is 5.91 Å². The van der Waals surface area contributed by atoms with E-state index < -0.39 is 5.91 Å². The number of hydrazone groups is 1. The fourth-order valence-electron chi connectivity index (χ4n) is 2.86. The highest BCUT2D eigenvalue weighted by atomic mass is 79.9. The van der Waals surface area contributed by atoms with Gasteiger partial charge in [0.1, 0.15) is 18.2 Å². The minimum Gasteiger partial charge on any atom is -0.488 e. The second kappa shape index (κ2) is 9.56. The van der Waals surface area contributed by atoms with Gasteiger partial charge in [-0.05, 0) is 53.1 Å². The number of aryl methyl sites for hydroxylation is 1. The molecule has 0 spiro atoms. The summed E-state index contributed by atoms with van der Waals surface area (Å²) in [5, 5.41) is 18.8. The number of rotatable bonds is 7. The van der Waals surface area contributed by atoms with Crippen LogP contribution >= 0.6 is 15.9 Å². The van der Waals surface area contributed by atoms with Crippen molar-refractivity contribution in [1.29, 1.82) is 0 Å². The van der Waals surface area contributed by atoms with Gasteiger partial charge >= 0.3 is 0 Å². The van der Waals surface area contributed by atoms with Crippen LogP contribution in [0.1, 0.15) is 27.3 Å². The number of aromatic nitrogens is 5. The van der Waals surface area contributed by atoms with E-state index in [2.05, 4.69) is 51.7 Å². The summed E-state index contributed by atoms with van der Waals surface area (Å²) in [6.07, 6.45) is 1.42. The van der Waals surface area contributed by atoms with Crippen LogP contribution < -0.4 is 15.9 Å². The van der Waals surface area contributed by atoms with Gasteiger partial charge in [-0.25, -0.2) is 14.4 Å². The molecule has 0 aliphatic rings. The molecule has 2 aromatic heterocycles. The third kappa shape index (κ3) is 5.03. The van der Waals surface area contributed by atoms with Crippen molar-refractivity contribution in [3.63, 3.8) is 0 Å². The lowest BCUT2D eigenvalue weighted by atomic mass is 10.2. The van der Waals surface area contributed by atoms with Gasteiger partial charge in [0.05, 0.1) is 11.9 Å². The van der Waals surface area contributed by atoms with Crippen LogP contribution in [0.3, 0.4) is 0 Å². The average molecular weight is 515 g/mol. The zero-order chi connectivity index (χ0) is 23.4. The van der Waals surface area contributed by atoms with Gasteiger partial charge in [-0.3, -0.25) is 4.79 Å². The standard InChI is InChI=1S/C20H16BrFN8O3/c1-11-17(30(29-25-11)19-18(23)27-33-28-19)20(31)26-24-9-13-8-14(21)5-6-16(13)32-10-12-3-2-4-15(22)7-12/h2-9H,10H2,1H3,(H2,23,27)(H,26,31)/b24-9+. The Bertz CT molecular complexity index is 1340. The Balaban J connectivity index is 1.50. The number of amides is 1. The highest BCUT2D eigenvalue weighted by Crippen LogP contribution is 2.23. The van der Waals surface area contributed by atoms with Crippen LogP contribution in [0.25, 0.3) is 5.82 Å². The molecule has 0 fully saturated rings. The van der Waals surface area contributed by atoms with E-state index in [1.54, 1.807) is 37.3 Å². The van der Waals surface area contributed by atoms with Gasteiger partial charge in [0.2, 0.25) is 11.6 Å². The zero-order valence-electron chi connectivity index (χ0n) is 17.1. The SMILES string of the molecule is Cc1nnn(-c2nonc2N)c1C(=O)N/N=C/c1cc(Br)ccc1OCc1cccc(F)c1. The highest BCUT2D eigenvalue weighted by Gasteiger charge is 2.22. The first-order valence-corrected chi connectivity index (χ1v) is 10.2. The lowest BCUT2D eigenvalue weighted by Gasteiger charge is -2.10. The molecule has 3 N–H and O–H groups in total. The Hall–Kier alpha value is -4.13. The van der Waals surface area contributed by atoms with E-state index in [4.69, 9.17) is 10.5 Å². The normalized spacial score (nSPS) is 11.1. The summed E-state index contributed by atoms with van der Waals surface area (Å²) in [6.45, 7) is 1.75. The molecule has 13 heteroatoms. The molecule has 2 aromatic carbocycles. The van der Waals surface area contributed by atoms with Gasteiger partial charge in [0, 0.05) is 10.0 Å². The van der Waals surface area contributed by atoms with Crippen LogP contribution in [0.2, 0.25) is 0 Å². The number of nitrogens with two attached hydrogens (primary N) is 1. The highest BCUT2D eigenvalue weighted by molar-refractivity contribution is 9.10. The number of ether oxygens (including phenoxy) is 1. The maximum absolute atomic E-state index is 13.4. The lowest BCUT2D eigenvalue weighted by Crippen LogP contribution is -2.22. The third-order valence-electron chi connectivity index (χ3n) is 4.37. The van der Waals surface area contributed by atoms with Crippen LogP contribution in [0.15, 0.2) is 56.7 Å². The van der Waals surface area contributed by atoms with Crippen LogP contribution in [-0.2, 0) is 6.61 Å². The fourth-order valence-corrected chi connectivity index (χ4v) is 3.24. The van der Waals surface area contributed by atoms with Crippen molar-refractivity contribution in [2.75, 3.05) is 5.73 Å². The summed E-state index contributed by atoms with van der Waals surface area (Å²) in [5.74, 6) is -0.474. The number of halogens is 2. The number of hydrogen-bond acceptors (Lipinski definition) is 9. The Kier molecular flexibility index (Phi) is 6.40. The predicted octanol–water partition coefficient (Wildman–Crippen LogP) is 2.79. The van der Waals surface area contributed by atoms with E-state index in [9.17, 15) is 9.18 Å². The number of benzene rings is 2. The number of hydrogen-bond donors (Lipinski definition) is 2. The van der Waals surface area contributed by atoms with Crippen molar-refractivity contribution in [1.82, 2.24) is 30.7 Å². The van der Waals surface area contributed by atoms with Gasteiger partial charge < -0.3 is 10.5 Å². The molecule has 0 saturated carbocycles.